The van der Waals surface area contributed by atoms with E-state index in [0.29, 0.717) is 11.3 Å². The number of pyridine rings is 1. The van der Waals surface area contributed by atoms with Gasteiger partial charge in [0.2, 0.25) is 0 Å². The topological polar surface area (TPSA) is 87.4 Å². The number of aromatic nitrogens is 6. The molecule has 10 heteroatoms. The quantitative estimate of drug-likeness (QED) is 0.454. The molecule has 7 nitrogen and oxygen atoms in total. The van der Waals surface area contributed by atoms with Crippen molar-refractivity contribution in [1.29, 1.82) is 0 Å². The molecule has 0 fully saturated rings. The van der Waals surface area contributed by atoms with Gasteiger partial charge in [-0.1, -0.05) is 53.7 Å². The van der Waals surface area contributed by atoms with Crippen molar-refractivity contribution in [3.63, 3.8) is 0 Å². The highest BCUT2D eigenvalue weighted by Crippen LogP contribution is 2.39. The number of nitrogens with zero attached hydrogens (tertiary/aromatic N) is 6. The molecule has 0 amide bonds. The Morgan fingerprint density at radius 2 is 1.62 bits per heavy atom. The SMILES string of the molecule is Nc1nn(Cc2cn(-c3ccccc3)nn2)c2nc(-c3ccccc3)cc(C(F)(F)F)c12. The van der Waals surface area contributed by atoms with Crippen LogP contribution in [0.15, 0.2) is 72.9 Å². The number of nitrogens with two attached hydrogens (primary N) is 1. The number of benzene rings is 2. The zero-order valence-corrected chi connectivity index (χ0v) is 16.5. The molecule has 160 valence electrons. The Kier molecular flexibility index (Phi) is 4.62. The van der Waals surface area contributed by atoms with Crippen LogP contribution >= 0.6 is 0 Å². The van der Waals surface area contributed by atoms with Crippen LogP contribution in [0.2, 0.25) is 0 Å². The summed E-state index contributed by atoms with van der Waals surface area (Å²) in [6, 6.07) is 19.0. The number of hydrogen-bond donors (Lipinski definition) is 1. The third-order valence-electron chi connectivity index (χ3n) is 4.98. The van der Waals surface area contributed by atoms with Gasteiger partial charge < -0.3 is 5.73 Å². The summed E-state index contributed by atoms with van der Waals surface area (Å²) < 4.78 is 44.5. The molecule has 3 heterocycles. The Balaban J connectivity index is 1.62. The maximum atomic E-state index is 13.9. The van der Waals surface area contributed by atoms with E-state index in [1.165, 1.54) is 4.68 Å². The van der Waals surface area contributed by atoms with Crippen molar-refractivity contribution >= 4 is 16.9 Å². The van der Waals surface area contributed by atoms with Gasteiger partial charge in [0.1, 0.15) is 5.69 Å². The molecule has 0 aliphatic heterocycles. The Hall–Kier alpha value is -4.21. The molecule has 5 rings (SSSR count). The third-order valence-corrected chi connectivity index (χ3v) is 4.98. The fraction of sp³-hybridized carbons (Fsp3) is 0.0909. The van der Waals surface area contributed by atoms with Crippen molar-refractivity contribution in [3.05, 3.63) is 84.2 Å². The van der Waals surface area contributed by atoms with Crippen LogP contribution in [0.4, 0.5) is 19.0 Å². The lowest BCUT2D eigenvalue weighted by Crippen LogP contribution is -2.08. The van der Waals surface area contributed by atoms with Crippen LogP contribution in [0.5, 0.6) is 0 Å². The van der Waals surface area contributed by atoms with E-state index in [4.69, 9.17) is 5.73 Å². The van der Waals surface area contributed by atoms with Crippen LogP contribution in [-0.2, 0) is 12.7 Å². The van der Waals surface area contributed by atoms with Gasteiger partial charge in [-0.2, -0.15) is 18.3 Å². The van der Waals surface area contributed by atoms with Gasteiger partial charge in [0.15, 0.2) is 11.5 Å². The summed E-state index contributed by atoms with van der Waals surface area (Å²) >= 11 is 0. The highest BCUT2D eigenvalue weighted by Gasteiger charge is 2.36. The second kappa shape index (κ2) is 7.49. The van der Waals surface area contributed by atoms with Crippen molar-refractivity contribution in [2.24, 2.45) is 0 Å². The van der Waals surface area contributed by atoms with Crippen LogP contribution in [-0.4, -0.2) is 29.8 Å². The lowest BCUT2D eigenvalue weighted by atomic mass is 10.1. The minimum absolute atomic E-state index is 0.0328. The van der Waals surface area contributed by atoms with Crippen molar-refractivity contribution in [2.45, 2.75) is 12.7 Å². The first-order valence-corrected chi connectivity index (χ1v) is 9.66. The van der Waals surface area contributed by atoms with E-state index >= 15 is 0 Å². The molecule has 2 aromatic carbocycles. The van der Waals surface area contributed by atoms with Gasteiger partial charge in [-0.05, 0) is 18.2 Å². The highest BCUT2D eigenvalue weighted by molar-refractivity contribution is 5.92. The first-order chi connectivity index (χ1) is 15.4. The molecular weight excluding hydrogens is 419 g/mol. The van der Waals surface area contributed by atoms with E-state index in [2.05, 4.69) is 20.4 Å². The zero-order chi connectivity index (χ0) is 22.3. The summed E-state index contributed by atoms with van der Waals surface area (Å²) in [6.07, 6.45) is -2.94. The Morgan fingerprint density at radius 3 is 2.31 bits per heavy atom. The first-order valence-electron chi connectivity index (χ1n) is 9.66. The number of rotatable bonds is 4. The smallest absolute Gasteiger partial charge is 0.382 e. The van der Waals surface area contributed by atoms with Gasteiger partial charge in [0.25, 0.3) is 0 Å². The van der Waals surface area contributed by atoms with E-state index in [1.807, 2.05) is 30.3 Å². The minimum Gasteiger partial charge on any atom is -0.382 e. The monoisotopic (exact) mass is 435 g/mol. The highest BCUT2D eigenvalue weighted by atomic mass is 19.4. The number of hydrogen-bond acceptors (Lipinski definition) is 5. The van der Waals surface area contributed by atoms with Gasteiger partial charge in [-0.15, -0.1) is 5.10 Å². The van der Waals surface area contributed by atoms with Crippen LogP contribution in [0.25, 0.3) is 28.0 Å². The number of para-hydroxylation sites is 1. The van der Waals surface area contributed by atoms with E-state index in [-0.39, 0.29) is 29.1 Å². The number of halogens is 3. The molecule has 0 aliphatic rings. The van der Waals surface area contributed by atoms with Crippen molar-refractivity contribution in [3.8, 4) is 16.9 Å². The van der Waals surface area contributed by atoms with E-state index in [0.717, 1.165) is 11.8 Å². The molecule has 0 unspecified atom stereocenters. The number of fused-ring (bicyclic) bond motifs is 1. The summed E-state index contributed by atoms with van der Waals surface area (Å²) in [5, 5.41) is 12.1. The number of anilines is 1. The van der Waals surface area contributed by atoms with Crippen LogP contribution in [0, 0.1) is 0 Å². The van der Waals surface area contributed by atoms with E-state index in [9.17, 15) is 13.2 Å². The van der Waals surface area contributed by atoms with E-state index < -0.39 is 11.7 Å². The molecule has 32 heavy (non-hydrogen) atoms. The molecule has 0 saturated carbocycles. The van der Waals surface area contributed by atoms with E-state index in [1.54, 1.807) is 41.2 Å². The molecule has 0 bridgehead atoms. The zero-order valence-electron chi connectivity index (χ0n) is 16.5. The van der Waals surface area contributed by atoms with Gasteiger partial charge >= 0.3 is 6.18 Å². The number of nitrogen functional groups attached to an aromatic ring is 1. The Labute approximate surface area is 179 Å². The largest absolute Gasteiger partial charge is 0.417 e. The second-order valence-electron chi connectivity index (χ2n) is 7.15. The minimum atomic E-state index is -4.62. The molecule has 0 atom stereocenters. The molecule has 0 radical (unpaired) electrons. The van der Waals surface area contributed by atoms with Gasteiger partial charge in [-0.25, -0.2) is 14.3 Å². The Morgan fingerprint density at radius 1 is 0.938 bits per heavy atom. The summed E-state index contributed by atoms with van der Waals surface area (Å²) in [5.41, 5.74) is 7.10. The van der Waals surface area contributed by atoms with Gasteiger partial charge in [0.05, 0.1) is 35.1 Å². The van der Waals surface area contributed by atoms with Crippen molar-refractivity contribution in [1.82, 2.24) is 29.8 Å². The lowest BCUT2D eigenvalue weighted by Gasteiger charge is -2.11. The predicted molar refractivity (Wildman–Crippen MR) is 113 cm³/mol. The number of alkyl halides is 3. The Bertz CT molecular complexity index is 1390. The molecule has 0 saturated heterocycles. The molecule has 3 aromatic heterocycles. The van der Waals surface area contributed by atoms with Crippen molar-refractivity contribution < 1.29 is 13.2 Å². The lowest BCUT2D eigenvalue weighted by molar-refractivity contribution is -0.136. The fourth-order valence-electron chi connectivity index (χ4n) is 3.52. The molecular formula is C22H16F3N7. The van der Waals surface area contributed by atoms with Gasteiger partial charge in [0, 0.05) is 5.56 Å². The predicted octanol–water partition coefficient (Wildman–Crippen LogP) is 4.33. The molecule has 5 aromatic rings. The first kappa shape index (κ1) is 19.7. The van der Waals surface area contributed by atoms with Crippen LogP contribution < -0.4 is 5.73 Å². The molecule has 2 N–H and O–H groups in total. The summed E-state index contributed by atoms with van der Waals surface area (Å²) in [6.45, 7) is 0.0586. The standard InChI is InChI=1S/C22H16F3N7/c23-22(24,25)17-11-18(14-7-3-1-4-8-14)27-21-19(17)20(26)29-32(21)13-15-12-31(30-28-15)16-9-5-2-6-10-16/h1-12H,13H2,(H2,26,29). The molecule has 0 spiro atoms. The van der Waals surface area contributed by atoms with Crippen molar-refractivity contribution in [2.75, 3.05) is 5.73 Å². The maximum absolute atomic E-state index is 13.9. The maximum Gasteiger partial charge on any atom is 0.417 e. The summed E-state index contributed by atoms with van der Waals surface area (Å²) in [4.78, 5) is 4.47. The average molecular weight is 435 g/mol. The molecule has 0 aliphatic carbocycles. The van der Waals surface area contributed by atoms with Crippen LogP contribution in [0.3, 0.4) is 0 Å². The summed E-state index contributed by atoms with van der Waals surface area (Å²) in [7, 11) is 0. The third kappa shape index (κ3) is 3.55. The summed E-state index contributed by atoms with van der Waals surface area (Å²) in [5.74, 6) is -0.241. The normalized spacial score (nSPS) is 11.8. The fourth-order valence-corrected chi connectivity index (χ4v) is 3.52. The van der Waals surface area contributed by atoms with Gasteiger partial charge in [-0.3, -0.25) is 0 Å². The second-order valence-corrected chi connectivity index (χ2v) is 7.15. The average Bonchev–Trinajstić information content (AvgIpc) is 3.39. The van der Waals surface area contributed by atoms with Crippen LogP contribution in [0.1, 0.15) is 11.3 Å².